The predicted octanol–water partition coefficient (Wildman–Crippen LogP) is 2.98. The number of rotatable bonds is 12. The summed E-state index contributed by atoms with van der Waals surface area (Å²) < 4.78 is 0. The van der Waals surface area contributed by atoms with E-state index in [-0.39, 0.29) is 35.9 Å². The van der Waals surface area contributed by atoms with Gasteiger partial charge in [-0.05, 0) is 80.1 Å². The molecule has 1 aromatic carbocycles. The van der Waals surface area contributed by atoms with Gasteiger partial charge in [0.25, 0.3) is 0 Å². The van der Waals surface area contributed by atoms with E-state index in [1.165, 1.54) is 19.3 Å². The first-order valence-corrected chi connectivity index (χ1v) is 12.9. The summed E-state index contributed by atoms with van der Waals surface area (Å²) in [4.78, 5) is 36.5. The highest BCUT2D eigenvalue weighted by atomic mass is 16.4. The lowest BCUT2D eigenvalue weighted by Crippen LogP contribution is -2.49. The van der Waals surface area contributed by atoms with Crippen molar-refractivity contribution in [3.05, 3.63) is 35.4 Å². The average molecular weight is 483 g/mol. The van der Waals surface area contributed by atoms with E-state index >= 15 is 0 Å². The third-order valence-corrected chi connectivity index (χ3v) is 8.17. The molecule has 0 aromatic heterocycles. The highest BCUT2D eigenvalue weighted by Crippen LogP contribution is 2.61. The minimum absolute atomic E-state index is 0.0121. The first-order chi connectivity index (χ1) is 16.7. The van der Waals surface area contributed by atoms with Crippen LogP contribution >= 0.6 is 0 Å². The summed E-state index contributed by atoms with van der Waals surface area (Å²) in [7, 11) is 0. The van der Waals surface area contributed by atoms with Crippen LogP contribution < -0.4 is 16.4 Å². The largest absolute Gasteiger partial charge is 0.481 e. The number of carboxylic acids is 1. The number of nitrogens with two attached hydrogens (primary N) is 1. The van der Waals surface area contributed by atoms with Crippen LogP contribution in [0.4, 0.5) is 0 Å². The molecular formula is C27H38N4O4. The first-order valence-electron chi connectivity index (χ1n) is 12.9. The van der Waals surface area contributed by atoms with Crippen molar-refractivity contribution in [2.45, 2.75) is 76.7 Å². The molecule has 4 bridgehead atoms. The fraction of sp³-hybridized carbons (Fsp3) is 0.630. The number of nitrogens with one attached hydrogen (secondary N) is 3. The molecule has 35 heavy (non-hydrogen) atoms. The number of benzene rings is 1. The molecule has 0 radical (unpaired) electrons. The first kappa shape index (κ1) is 25.2. The van der Waals surface area contributed by atoms with Crippen LogP contribution in [0.5, 0.6) is 0 Å². The maximum atomic E-state index is 12.9. The third-order valence-electron chi connectivity index (χ3n) is 8.17. The second-order valence-electron chi connectivity index (χ2n) is 11.2. The topological polar surface area (TPSA) is 145 Å². The van der Waals surface area contributed by atoms with E-state index in [1.54, 1.807) is 24.3 Å². The lowest BCUT2D eigenvalue weighted by molar-refractivity contribution is -0.138. The Kier molecular flexibility index (Phi) is 7.77. The van der Waals surface area contributed by atoms with E-state index in [0.717, 1.165) is 42.6 Å². The van der Waals surface area contributed by atoms with Crippen molar-refractivity contribution in [3.63, 3.8) is 0 Å². The van der Waals surface area contributed by atoms with Gasteiger partial charge in [-0.2, -0.15) is 0 Å². The number of carbonyl (C=O) groups excluding carboxylic acids is 2. The standard InChI is InChI=1S/C27H38N4O4/c28-26(29)21-5-3-17(4-6-21)11-23(32)30-7-1-2-22(12-25(34)35)31-24(33)16-27-13-18-8-19(14-27)10-20(9-18)15-27/h3-6,18-20,22H,1-2,7-16H2,(H3,28,29)(H,30,32)(H,31,33)(H,34,35). The number of hydrogen-bond acceptors (Lipinski definition) is 4. The number of hydrogen-bond donors (Lipinski definition) is 5. The summed E-state index contributed by atoms with van der Waals surface area (Å²) in [5.41, 5.74) is 7.02. The Labute approximate surface area is 206 Å². The molecule has 4 fully saturated rings. The van der Waals surface area contributed by atoms with Gasteiger partial charge in [0.1, 0.15) is 5.84 Å². The summed E-state index contributed by atoms with van der Waals surface area (Å²) in [6, 6.07) is 6.56. The van der Waals surface area contributed by atoms with Crippen LogP contribution in [0.3, 0.4) is 0 Å². The molecule has 1 unspecified atom stereocenters. The van der Waals surface area contributed by atoms with E-state index in [1.807, 2.05) is 0 Å². The SMILES string of the molecule is N=C(N)c1ccc(CC(=O)NCCCC(CC(=O)O)NC(=O)CC23CC4CC(CC(C4)C2)C3)cc1. The number of carboxylic acid groups (broad SMARTS) is 1. The van der Waals surface area contributed by atoms with Crippen molar-refractivity contribution in [2.24, 2.45) is 28.9 Å². The van der Waals surface area contributed by atoms with Crippen molar-refractivity contribution in [3.8, 4) is 0 Å². The second-order valence-corrected chi connectivity index (χ2v) is 11.2. The molecule has 6 N–H and O–H groups in total. The lowest BCUT2D eigenvalue weighted by atomic mass is 9.49. The van der Waals surface area contributed by atoms with Gasteiger partial charge in [-0.1, -0.05) is 24.3 Å². The molecule has 4 aliphatic carbocycles. The maximum absolute atomic E-state index is 12.9. The molecular weight excluding hydrogens is 444 g/mol. The molecule has 8 heteroatoms. The smallest absolute Gasteiger partial charge is 0.305 e. The van der Waals surface area contributed by atoms with Crippen molar-refractivity contribution >= 4 is 23.6 Å². The summed E-state index contributed by atoms with van der Waals surface area (Å²) in [5, 5.41) is 22.6. The maximum Gasteiger partial charge on any atom is 0.305 e. The minimum Gasteiger partial charge on any atom is -0.481 e. The van der Waals surface area contributed by atoms with Gasteiger partial charge in [-0.25, -0.2) is 0 Å². The molecule has 0 aliphatic heterocycles. The number of carbonyl (C=O) groups is 3. The molecule has 0 spiro atoms. The van der Waals surface area contributed by atoms with Crippen molar-refractivity contribution in [1.82, 2.24) is 10.6 Å². The predicted molar refractivity (Wildman–Crippen MR) is 133 cm³/mol. The van der Waals surface area contributed by atoms with E-state index in [0.29, 0.717) is 31.4 Å². The van der Waals surface area contributed by atoms with E-state index in [9.17, 15) is 19.5 Å². The zero-order valence-corrected chi connectivity index (χ0v) is 20.4. The van der Waals surface area contributed by atoms with Gasteiger partial charge in [-0.15, -0.1) is 0 Å². The molecule has 0 heterocycles. The molecule has 8 nitrogen and oxygen atoms in total. The van der Waals surface area contributed by atoms with Crippen molar-refractivity contribution < 1.29 is 19.5 Å². The Balaban J connectivity index is 1.20. The molecule has 0 saturated heterocycles. The van der Waals surface area contributed by atoms with Gasteiger partial charge < -0.3 is 21.5 Å². The Hall–Kier alpha value is -2.90. The monoisotopic (exact) mass is 482 g/mol. The normalized spacial score (nSPS) is 27.3. The number of amidine groups is 1. The van der Waals surface area contributed by atoms with Gasteiger partial charge in [0.2, 0.25) is 11.8 Å². The molecule has 5 rings (SSSR count). The Morgan fingerprint density at radius 3 is 2.17 bits per heavy atom. The van der Waals surface area contributed by atoms with Crippen molar-refractivity contribution in [1.29, 1.82) is 5.41 Å². The fourth-order valence-electron chi connectivity index (χ4n) is 7.19. The quantitative estimate of drug-likeness (QED) is 0.177. The highest BCUT2D eigenvalue weighted by Gasteiger charge is 2.51. The summed E-state index contributed by atoms with van der Waals surface area (Å²) in [6.45, 7) is 0.422. The Bertz CT molecular complexity index is 923. The fourth-order valence-corrected chi connectivity index (χ4v) is 7.19. The van der Waals surface area contributed by atoms with E-state index in [2.05, 4.69) is 10.6 Å². The van der Waals surface area contributed by atoms with E-state index in [4.69, 9.17) is 11.1 Å². The van der Waals surface area contributed by atoms with Gasteiger partial charge >= 0.3 is 5.97 Å². The van der Waals surface area contributed by atoms with Crippen LogP contribution in [0, 0.1) is 28.6 Å². The molecule has 1 atom stereocenters. The zero-order chi connectivity index (χ0) is 25.0. The Morgan fingerprint density at radius 2 is 1.63 bits per heavy atom. The highest BCUT2D eigenvalue weighted by molar-refractivity contribution is 5.95. The Morgan fingerprint density at radius 1 is 1.03 bits per heavy atom. The summed E-state index contributed by atoms with van der Waals surface area (Å²) >= 11 is 0. The number of aliphatic carboxylic acids is 1. The minimum atomic E-state index is -0.928. The van der Waals surface area contributed by atoms with Crippen molar-refractivity contribution in [2.75, 3.05) is 6.54 Å². The number of nitrogen functional groups attached to an aromatic ring is 1. The van der Waals surface area contributed by atoms with Crippen LogP contribution in [0.2, 0.25) is 0 Å². The third kappa shape index (κ3) is 6.83. The van der Waals surface area contributed by atoms with Gasteiger partial charge in [0.15, 0.2) is 0 Å². The van der Waals surface area contributed by atoms with Crippen LogP contribution in [0.15, 0.2) is 24.3 Å². The van der Waals surface area contributed by atoms with Crippen LogP contribution in [-0.2, 0) is 20.8 Å². The van der Waals surface area contributed by atoms with Crippen LogP contribution in [0.1, 0.15) is 75.3 Å². The molecule has 190 valence electrons. The van der Waals surface area contributed by atoms with Crippen LogP contribution in [0.25, 0.3) is 0 Å². The molecule has 4 saturated carbocycles. The molecule has 4 aliphatic rings. The van der Waals surface area contributed by atoms with E-state index < -0.39 is 12.0 Å². The number of amides is 2. The second kappa shape index (κ2) is 10.8. The molecule has 2 amide bonds. The van der Waals surface area contributed by atoms with Gasteiger partial charge in [0.05, 0.1) is 12.8 Å². The zero-order valence-electron chi connectivity index (χ0n) is 20.4. The van der Waals surface area contributed by atoms with Crippen LogP contribution in [-0.4, -0.2) is 41.3 Å². The summed E-state index contributed by atoms with van der Waals surface area (Å²) in [5.74, 6) is 1.25. The average Bonchev–Trinajstić information content (AvgIpc) is 2.75. The van der Waals surface area contributed by atoms with Gasteiger partial charge in [-0.3, -0.25) is 19.8 Å². The van der Waals surface area contributed by atoms with Gasteiger partial charge in [0, 0.05) is 24.6 Å². The lowest BCUT2D eigenvalue weighted by Gasteiger charge is -2.56. The summed E-state index contributed by atoms with van der Waals surface area (Å²) in [6.07, 6.45) is 9.18. The molecule has 1 aromatic rings.